The Kier molecular flexibility index (Phi) is 3.00. The quantitative estimate of drug-likeness (QED) is 0.722. The molecule has 1 fully saturated rings. The second-order valence-electron chi connectivity index (χ2n) is 6.40. The zero-order valence-electron chi connectivity index (χ0n) is 13.8. The van der Waals surface area contributed by atoms with E-state index in [1.54, 1.807) is 10.9 Å². The first-order valence-corrected chi connectivity index (χ1v) is 8.24. The lowest BCUT2D eigenvalue weighted by Gasteiger charge is -2.23. The Morgan fingerprint density at radius 2 is 1.96 bits per heavy atom. The first-order valence-electron chi connectivity index (χ1n) is 8.24. The van der Waals surface area contributed by atoms with Gasteiger partial charge >= 0.3 is 0 Å². The van der Waals surface area contributed by atoms with E-state index in [2.05, 4.69) is 20.4 Å². The van der Waals surface area contributed by atoms with E-state index >= 15 is 0 Å². The van der Waals surface area contributed by atoms with Crippen LogP contribution in [-0.2, 0) is 6.54 Å². The zero-order chi connectivity index (χ0) is 16.9. The summed E-state index contributed by atoms with van der Waals surface area (Å²) in [5, 5.41) is 12.1. The Hall–Kier alpha value is -3.03. The maximum absolute atomic E-state index is 6.09. The van der Waals surface area contributed by atoms with E-state index in [0.29, 0.717) is 19.0 Å². The number of rotatable bonds is 3. The van der Waals surface area contributed by atoms with Crippen LogP contribution in [0.2, 0.25) is 0 Å². The summed E-state index contributed by atoms with van der Waals surface area (Å²) in [5.41, 5.74) is 1.08. The Bertz CT molecular complexity index is 893. The maximum Gasteiger partial charge on any atom is 0.270 e. The summed E-state index contributed by atoms with van der Waals surface area (Å²) in [7, 11) is 0. The van der Waals surface area contributed by atoms with Crippen LogP contribution in [-0.4, -0.2) is 39.1 Å². The topological polar surface area (TPSA) is 78.4 Å². The first-order chi connectivity index (χ1) is 12.2. The molecule has 128 valence electrons. The number of nitrogens with zero attached hydrogens (tertiary/aromatic N) is 5. The van der Waals surface area contributed by atoms with Gasteiger partial charge in [-0.15, -0.1) is 0 Å². The molecule has 2 aliphatic rings. The van der Waals surface area contributed by atoms with Gasteiger partial charge in [-0.2, -0.15) is 0 Å². The molecule has 0 radical (unpaired) electrons. The number of para-hydroxylation sites is 2. The standard InChI is InChI=1S/C17H17N5O3/c1-12-6-9-23-15(12)10-22-16(18-19-20-22)21-8-7-17(11-21)24-13-4-2-3-5-14(13)25-17/h2-6,9H,7-8,10-11H2,1H3. The van der Waals surface area contributed by atoms with Crippen LogP contribution in [0, 0.1) is 6.92 Å². The second-order valence-corrected chi connectivity index (χ2v) is 6.40. The van der Waals surface area contributed by atoms with Gasteiger partial charge in [-0.25, -0.2) is 4.68 Å². The van der Waals surface area contributed by atoms with Crippen LogP contribution in [0.5, 0.6) is 11.5 Å². The third kappa shape index (κ3) is 2.33. The van der Waals surface area contributed by atoms with Crippen molar-refractivity contribution in [3.8, 4) is 11.5 Å². The molecule has 25 heavy (non-hydrogen) atoms. The number of tetrazole rings is 1. The van der Waals surface area contributed by atoms with Gasteiger partial charge in [0.15, 0.2) is 11.5 Å². The summed E-state index contributed by atoms with van der Waals surface area (Å²) in [4.78, 5) is 2.09. The lowest BCUT2D eigenvalue weighted by molar-refractivity contribution is -0.0578. The molecule has 1 spiro atoms. The molecule has 8 nitrogen and oxygen atoms in total. The molecule has 0 atom stereocenters. The molecule has 2 aromatic heterocycles. The van der Waals surface area contributed by atoms with Gasteiger partial charge in [0.2, 0.25) is 5.95 Å². The molecule has 0 unspecified atom stereocenters. The minimum Gasteiger partial charge on any atom is -0.467 e. The van der Waals surface area contributed by atoms with E-state index in [1.807, 2.05) is 37.3 Å². The highest BCUT2D eigenvalue weighted by Crippen LogP contribution is 2.43. The normalized spacial score (nSPS) is 17.6. The second kappa shape index (κ2) is 5.23. The Morgan fingerprint density at radius 3 is 2.68 bits per heavy atom. The molecule has 8 heteroatoms. The number of hydrogen-bond donors (Lipinski definition) is 0. The number of aromatic nitrogens is 4. The molecule has 1 saturated heterocycles. The molecule has 1 aromatic carbocycles. The SMILES string of the molecule is Cc1ccoc1Cn1nnnc1N1CCC2(C1)Oc1ccccc1O2. The van der Waals surface area contributed by atoms with Gasteiger partial charge in [0.05, 0.1) is 12.8 Å². The molecular formula is C17H17N5O3. The van der Waals surface area contributed by atoms with Crippen LogP contribution >= 0.6 is 0 Å². The molecule has 4 heterocycles. The minimum absolute atomic E-state index is 0.493. The lowest BCUT2D eigenvalue weighted by atomic mass is 10.2. The van der Waals surface area contributed by atoms with Gasteiger partial charge < -0.3 is 18.8 Å². The summed E-state index contributed by atoms with van der Waals surface area (Å²) in [6, 6.07) is 9.68. The molecular weight excluding hydrogens is 322 g/mol. The van der Waals surface area contributed by atoms with Gasteiger partial charge in [0, 0.05) is 13.0 Å². The molecule has 0 N–H and O–H groups in total. The van der Waals surface area contributed by atoms with Crippen molar-refractivity contribution in [2.75, 3.05) is 18.0 Å². The summed E-state index contributed by atoms with van der Waals surface area (Å²) in [6.45, 7) is 3.82. The van der Waals surface area contributed by atoms with E-state index in [-0.39, 0.29) is 0 Å². The predicted molar refractivity (Wildman–Crippen MR) is 87.6 cm³/mol. The molecule has 0 bridgehead atoms. The van der Waals surface area contributed by atoms with Crippen molar-refractivity contribution in [1.82, 2.24) is 20.2 Å². The number of hydrogen-bond acceptors (Lipinski definition) is 7. The number of ether oxygens (including phenoxy) is 2. The van der Waals surface area contributed by atoms with Crippen molar-refractivity contribution in [2.45, 2.75) is 25.7 Å². The maximum atomic E-state index is 6.09. The fraction of sp³-hybridized carbons (Fsp3) is 0.353. The molecule has 0 aliphatic carbocycles. The minimum atomic E-state index is -0.666. The van der Waals surface area contributed by atoms with Crippen molar-refractivity contribution >= 4 is 5.95 Å². The highest BCUT2D eigenvalue weighted by Gasteiger charge is 2.48. The largest absolute Gasteiger partial charge is 0.467 e. The van der Waals surface area contributed by atoms with Crippen molar-refractivity contribution in [3.63, 3.8) is 0 Å². The van der Waals surface area contributed by atoms with Crippen LogP contribution in [0.3, 0.4) is 0 Å². The van der Waals surface area contributed by atoms with Crippen molar-refractivity contribution in [1.29, 1.82) is 0 Å². The van der Waals surface area contributed by atoms with E-state index < -0.39 is 5.79 Å². The number of aryl methyl sites for hydroxylation is 1. The summed E-state index contributed by atoms with van der Waals surface area (Å²) < 4.78 is 19.4. The number of anilines is 1. The van der Waals surface area contributed by atoms with E-state index in [0.717, 1.165) is 35.8 Å². The molecule has 0 amide bonds. The lowest BCUT2D eigenvalue weighted by Crippen LogP contribution is -2.42. The van der Waals surface area contributed by atoms with E-state index in [1.165, 1.54) is 0 Å². The van der Waals surface area contributed by atoms with Gasteiger partial charge in [-0.05, 0) is 41.1 Å². The summed E-state index contributed by atoms with van der Waals surface area (Å²) in [6.07, 6.45) is 2.42. The fourth-order valence-corrected chi connectivity index (χ4v) is 3.36. The molecule has 3 aromatic rings. The fourth-order valence-electron chi connectivity index (χ4n) is 3.36. The third-order valence-electron chi connectivity index (χ3n) is 4.69. The number of fused-ring (bicyclic) bond motifs is 1. The predicted octanol–water partition coefficient (Wildman–Crippen LogP) is 2.00. The van der Waals surface area contributed by atoms with Gasteiger partial charge in [0.25, 0.3) is 5.79 Å². The highest BCUT2D eigenvalue weighted by molar-refractivity contribution is 5.45. The van der Waals surface area contributed by atoms with Crippen LogP contribution in [0.4, 0.5) is 5.95 Å². The number of benzene rings is 1. The van der Waals surface area contributed by atoms with Crippen molar-refractivity contribution < 1.29 is 13.9 Å². The smallest absolute Gasteiger partial charge is 0.270 e. The van der Waals surface area contributed by atoms with Crippen LogP contribution < -0.4 is 14.4 Å². The monoisotopic (exact) mass is 339 g/mol. The third-order valence-corrected chi connectivity index (χ3v) is 4.69. The average molecular weight is 339 g/mol. The van der Waals surface area contributed by atoms with Crippen molar-refractivity contribution in [3.05, 3.63) is 47.9 Å². The van der Waals surface area contributed by atoms with Gasteiger partial charge in [-0.1, -0.05) is 17.2 Å². The van der Waals surface area contributed by atoms with Gasteiger partial charge in [0.1, 0.15) is 12.3 Å². The van der Waals surface area contributed by atoms with Crippen LogP contribution in [0.25, 0.3) is 0 Å². The average Bonchev–Trinajstić information content (AvgIpc) is 3.36. The van der Waals surface area contributed by atoms with Crippen molar-refractivity contribution in [2.24, 2.45) is 0 Å². The summed E-state index contributed by atoms with van der Waals surface area (Å²) in [5.74, 6) is 2.45. The van der Waals surface area contributed by atoms with Crippen LogP contribution in [0.15, 0.2) is 41.0 Å². The van der Waals surface area contributed by atoms with E-state index in [9.17, 15) is 0 Å². The first kappa shape index (κ1) is 14.3. The molecule has 0 saturated carbocycles. The molecule has 2 aliphatic heterocycles. The summed E-state index contributed by atoms with van der Waals surface area (Å²) >= 11 is 0. The zero-order valence-corrected chi connectivity index (χ0v) is 13.8. The Labute approximate surface area is 143 Å². The van der Waals surface area contributed by atoms with Gasteiger partial charge in [-0.3, -0.25) is 0 Å². The Morgan fingerprint density at radius 1 is 1.16 bits per heavy atom. The highest BCUT2D eigenvalue weighted by atomic mass is 16.7. The number of furan rings is 1. The van der Waals surface area contributed by atoms with E-state index in [4.69, 9.17) is 13.9 Å². The molecule has 5 rings (SSSR count). The van der Waals surface area contributed by atoms with Crippen LogP contribution in [0.1, 0.15) is 17.7 Å². The Balaban J connectivity index is 1.37.